The van der Waals surface area contributed by atoms with Crippen molar-refractivity contribution in [3.05, 3.63) is 11.8 Å². The Morgan fingerprint density at radius 1 is 1.24 bits per heavy atom. The molecule has 1 aromatic rings. The summed E-state index contributed by atoms with van der Waals surface area (Å²) in [6, 6.07) is 0.445. The van der Waals surface area contributed by atoms with Crippen LogP contribution in [0, 0.1) is 5.92 Å². The smallest absolute Gasteiger partial charge is 0.230 e. The first kappa shape index (κ1) is 12.6. The average Bonchev–Trinajstić information content (AvgIpc) is 2.76. The van der Waals surface area contributed by atoms with Crippen LogP contribution in [0.5, 0.6) is 0 Å². The highest BCUT2D eigenvalue weighted by Gasteiger charge is 2.24. The second kappa shape index (κ2) is 5.63. The summed E-state index contributed by atoms with van der Waals surface area (Å²) < 4.78 is 5.72. The molecule has 0 atom stereocenters. The zero-order valence-electron chi connectivity index (χ0n) is 11.1. The zero-order chi connectivity index (χ0) is 12.3. The summed E-state index contributed by atoms with van der Waals surface area (Å²) in [5.74, 6) is 2.91. The van der Waals surface area contributed by atoms with E-state index in [1.54, 1.807) is 0 Å². The molecule has 17 heavy (non-hydrogen) atoms. The molecule has 96 valence electrons. The number of hydrogen-bond donors (Lipinski definition) is 1. The molecule has 4 nitrogen and oxygen atoms in total. The molecule has 0 unspecified atom stereocenters. The van der Waals surface area contributed by atoms with Crippen molar-refractivity contribution in [2.24, 2.45) is 5.92 Å². The van der Waals surface area contributed by atoms with Gasteiger partial charge in [-0.3, -0.25) is 0 Å². The van der Waals surface area contributed by atoms with Crippen molar-refractivity contribution in [2.45, 2.75) is 65.0 Å². The van der Waals surface area contributed by atoms with Gasteiger partial charge in [-0.2, -0.15) is 0 Å². The second-order valence-corrected chi connectivity index (χ2v) is 5.53. The summed E-state index contributed by atoms with van der Waals surface area (Å²) in [4.78, 5) is 0. The lowest BCUT2D eigenvalue weighted by atomic mass is 9.83. The third-order valence-electron chi connectivity index (χ3n) is 3.51. The van der Waals surface area contributed by atoms with Crippen LogP contribution in [0.15, 0.2) is 4.42 Å². The molecule has 1 aliphatic rings. The normalized spacial score (nSPS) is 25.4. The first-order valence-electron chi connectivity index (χ1n) is 6.70. The molecule has 1 aromatic heterocycles. The van der Waals surface area contributed by atoms with Gasteiger partial charge in [-0.25, -0.2) is 0 Å². The maximum atomic E-state index is 5.72. The van der Waals surface area contributed by atoms with Gasteiger partial charge in [0.25, 0.3) is 0 Å². The summed E-state index contributed by atoms with van der Waals surface area (Å²) in [5, 5.41) is 11.6. The van der Waals surface area contributed by atoms with Crippen LogP contribution in [0.1, 0.15) is 64.2 Å². The Morgan fingerprint density at radius 2 is 1.94 bits per heavy atom. The summed E-state index contributed by atoms with van der Waals surface area (Å²) >= 11 is 0. The molecule has 0 radical (unpaired) electrons. The minimum atomic E-state index is 0.445. The highest BCUT2D eigenvalue weighted by atomic mass is 16.4. The van der Waals surface area contributed by atoms with Gasteiger partial charge in [-0.05, 0) is 31.6 Å². The summed E-state index contributed by atoms with van der Waals surface area (Å²) in [5.41, 5.74) is 0. The lowest BCUT2D eigenvalue weighted by Gasteiger charge is -2.23. The van der Waals surface area contributed by atoms with Crippen molar-refractivity contribution >= 4 is 0 Å². The first-order valence-corrected chi connectivity index (χ1v) is 6.70. The van der Waals surface area contributed by atoms with Gasteiger partial charge >= 0.3 is 0 Å². The van der Waals surface area contributed by atoms with E-state index in [1.807, 2.05) is 0 Å². The fraction of sp³-hybridized carbons (Fsp3) is 0.846. The van der Waals surface area contributed by atoms with Crippen LogP contribution in [0.25, 0.3) is 0 Å². The van der Waals surface area contributed by atoms with E-state index in [0.717, 1.165) is 11.8 Å². The van der Waals surface area contributed by atoms with Crippen molar-refractivity contribution in [1.29, 1.82) is 0 Å². The van der Waals surface area contributed by atoms with Crippen molar-refractivity contribution in [1.82, 2.24) is 15.5 Å². The zero-order valence-corrected chi connectivity index (χ0v) is 11.1. The molecule has 1 N–H and O–H groups in total. The van der Waals surface area contributed by atoms with Crippen LogP contribution < -0.4 is 5.32 Å². The maximum absolute atomic E-state index is 5.72. The molecule has 0 bridgehead atoms. The number of nitrogens with zero attached hydrogens (tertiary/aromatic N) is 2. The van der Waals surface area contributed by atoms with Crippen LogP contribution in [-0.4, -0.2) is 16.2 Å². The third kappa shape index (κ3) is 3.53. The monoisotopic (exact) mass is 237 g/mol. The Hall–Kier alpha value is -0.900. The quantitative estimate of drug-likeness (QED) is 0.874. The Morgan fingerprint density at radius 3 is 2.59 bits per heavy atom. The van der Waals surface area contributed by atoms with E-state index in [9.17, 15) is 0 Å². The van der Waals surface area contributed by atoms with Crippen LogP contribution in [0.3, 0.4) is 0 Å². The Kier molecular flexibility index (Phi) is 4.15. The van der Waals surface area contributed by atoms with E-state index < -0.39 is 0 Å². The number of rotatable bonds is 4. The standard InChI is InChI=1S/C13H23N3O/c1-9(2)14-8-12-15-16-13(17-12)11-6-4-10(3)5-7-11/h9-11,14H,4-8H2,1-3H3. The van der Waals surface area contributed by atoms with Crippen molar-refractivity contribution in [2.75, 3.05) is 0 Å². The van der Waals surface area contributed by atoms with E-state index in [4.69, 9.17) is 4.42 Å². The molecular formula is C13H23N3O. The Labute approximate surface area is 103 Å². The molecule has 1 saturated carbocycles. The lowest BCUT2D eigenvalue weighted by molar-refractivity contribution is 0.300. The van der Waals surface area contributed by atoms with E-state index in [-0.39, 0.29) is 0 Å². The SMILES string of the molecule is CC1CCC(c2nnc(CNC(C)C)o2)CC1. The van der Waals surface area contributed by atoms with E-state index >= 15 is 0 Å². The molecule has 0 amide bonds. The van der Waals surface area contributed by atoms with Crippen LogP contribution >= 0.6 is 0 Å². The maximum Gasteiger partial charge on any atom is 0.230 e. The molecule has 2 rings (SSSR count). The second-order valence-electron chi connectivity index (χ2n) is 5.53. The van der Waals surface area contributed by atoms with E-state index in [0.29, 0.717) is 24.4 Å². The molecule has 1 fully saturated rings. The molecule has 0 saturated heterocycles. The molecule has 0 aliphatic heterocycles. The fourth-order valence-electron chi connectivity index (χ4n) is 2.30. The minimum absolute atomic E-state index is 0.445. The Bertz CT molecular complexity index is 340. The van der Waals surface area contributed by atoms with Gasteiger partial charge in [0.05, 0.1) is 6.54 Å². The Balaban J connectivity index is 1.89. The van der Waals surface area contributed by atoms with Gasteiger partial charge in [0, 0.05) is 12.0 Å². The molecule has 1 aliphatic carbocycles. The first-order chi connectivity index (χ1) is 8.15. The number of aromatic nitrogens is 2. The molecule has 0 spiro atoms. The molecule has 1 heterocycles. The van der Waals surface area contributed by atoms with Gasteiger partial charge in [-0.1, -0.05) is 20.8 Å². The summed E-state index contributed by atoms with van der Waals surface area (Å²) in [6.45, 7) is 7.22. The molecular weight excluding hydrogens is 214 g/mol. The van der Waals surface area contributed by atoms with Crippen molar-refractivity contribution < 1.29 is 4.42 Å². The van der Waals surface area contributed by atoms with Gasteiger partial charge in [-0.15, -0.1) is 10.2 Å². The third-order valence-corrected chi connectivity index (χ3v) is 3.51. The van der Waals surface area contributed by atoms with E-state index in [2.05, 4.69) is 36.3 Å². The average molecular weight is 237 g/mol. The van der Waals surface area contributed by atoms with Crippen LogP contribution in [0.4, 0.5) is 0 Å². The van der Waals surface area contributed by atoms with Gasteiger partial charge in [0.2, 0.25) is 11.8 Å². The summed E-state index contributed by atoms with van der Waals surface area (Å²) in [7, 11) is 0. The summed E-state index contributed by atoms with van der Waals surface area (Å²) in [6.07, 6.45) is 4.96. The molecule has 0 aromatic carbocycles. The lowest BCUT2D eigenvalue weighted by Crippen LogP contribution is -2.21. The predicted octanol–water partition coefficient (Wildman–Crippen LogP) is 2.86. The topological polar surface area (TPSA) is 51.0 Å². The largest absolute Gasteiger partial charge is 0.424 e. The van der Waals surface area contributed by atoms with Crippen molar-refractivity contribution in [3.63, 3.8) is 0 Å². The van der Waals surface area contributed by atoms with Crippen LogP contribution in [-0.2, 0) is 6.54 Å². The highest BCUT2D eigenvalue weighted by molar-refractivity contribution is 4.94. The van der Waals surface area contributed by atoms with Gasteiger partial charge in [0.1, 0.15) is 0 Å². The van der Waals surface area contributed by atoms with Crippen molar-refractivity contribution in [3.8, 4) is 0 Å². The fourth-order valence-corrected chi connectivity index (χ4v) is 2.30. The number of nitrogens with one attached hydrogen (secondary N) is 1. The molecule has 4 heteroatoms. The van der Waals surface area contributed by atoms with Gasteiger partial charge < -0.3 is 9.73 Å². The number of hydrogen-bond acceptors (Lipinski definition) is 4. The minimum Gasteiger partial charge on any atom is -0.424 e. The van der Waals surface area contributed by atoms with Gasteiger partial charge in [0.15, 0.2) is 0 Å². The van der Waals surface area contributed by atoms with E-state index in [1.165, 1.54) is 25.7 Å². The predicted molar refractivity (Wildman–Crippen MR) is 66.6 cm³/mol. The van der Waals surface area contributed by atoms with Crippen LogP contribution in [0.2, 0.25) is 0 Å². The highest BCUT2D eigenvalue weighted by Crippen LogP contribution is 2.34.